The molecule has 0 aromatic carbocycles. The van der Waals surface area contributed by atoms with Crippen LogP contribution in [0.25, 0.3) is 0 Å². The number of rotatable bonds is 4. The van der Waals surface area contributed by atoms with Crippen LogP contribution >= 0.6 is 0 Å². The zero-order valence-electron chi connectivity index (χ0n) is 8.67. The fourth-order valence-corrected chi connectivity index (χ4v) is 1.21. The van der Waals surface area contributed by atoms with Crippen LogP contribution in [0.1, 0.15) is 27.7 Å². The summed E-state index contributed by atoms with van der Waals surface area (Å²) in [7, 11) is 0. The minimum absolute atomic E-state index is 0.407. The molecule has 0 unspecified atom stereocenters. The molecule has 0 heterocycles. The van der Waals surface area contributed by atoms with Crippen molar-refractivity contribution in [3.05, 3.63) is 0 Å². The van der Waals surface area contributed by atoms with Crippen molar-refractivity contribution >= 4 is 6.02 Å². The lowest BCUT2D eigenvalue weighted by molar-refractivity contribution is -0.534. The Morgan fingerprint density at radius 2 is 1.50 bits per heavy atom. The van der Waals surface area contributed by atoms with Crippen LogP contribution in [0.15, 0.2) is 0 Å². The summed E-state index contributed by atoms with van der Waals surface area (Å²) in [4.78, 5) is 1.95. The Balaban J connectivity index is 4.46. The molecule has 0 aliphatic rings. The van der Waals surface area contributed by atoms with Gasteiger partial charge in [-0.05, 0) is 27.7 Å². The third kappa shape index (κ3) is 2.72. The summed E-state index contributed by atoms with van der Waals surface area (Å²) in [5.74, 6) is 0. The van der Waals surface area contributed by atoms with Crippen LogP contribution < -0.4 is 0 Å². The van der Waals surface area contributed by atoms with E-state index in [1.54, 1.807) is 0 Å². The molecule has 0 radical (unpaired) electrons. The van der Waals surface area contributed by atoms with Crippen molar-refractivity contribution in [1.82, 2.24) is 4.90 Å². The van der Waals surface area contributed by atoms with Crippen molar-refractivity contribution in [3.63, 3.8) is 0 Å². The van der Waals surface area contributed by atoms with E-state index in [-0.39, 0.29) is 0 Å². The fraction of sp³-hybridized carbons (Fsp3) is 0.889. The predicted octanol–water partition coefficient (Wildman–Crippen LogP) is 1.29. The fourth-order valence-electron chi connectivity index (χ4n) is 1.21. The molecule has 0 rings (SSSR count). The van der Waals surface area contributed by atoms with E-state index in [0.29, 0.717) is 6.02 Å². The molecule has 0 spiro atoms. The maximum absolute atomic E-state index is 9.74. The third-order valence-electron chi connectivity index (χ3n) is 2.09. The Morgan fingerprint density at radius 1 is 1.08 bits per heavy atom. The largest absolute Gasteiger partial charge is 0.447 e. The highest BCUT2D eigenvalue weighted by molar-refractivity contribution is 5.65. The van der Waals surface area contributed by atoms with E-state index in [1.807, 2.05) is 37.2 Å². The molecular formula is C9H21N2O+. The van der Waals surface area contributed by atoms with Crippen molar-refractivity contribution in [2.45, 2.75) is 27.7 Å². The monoisotopic (exact) mass is 173 g/mol. The van der Waals surface area contributed by atoms with Gasteiger partial charge in [0.2, 0.25) is 0 Å². The van der Waals surface area contributed by atoms with E-state index < -0.39 is 0 Å². The second-order valence-corrected chi connectivity index (χ2v) is 2.64. The lowest BCUT2D eigenvalue weighted by Gasteiger charge is -2.13. The number of aliphatic hydroxyl groups is 1. The van der Waals surface area contributed by atoms with E-state index in [2.05, 4.69) is 0 Å². The molecule has 3 heteroatoms. The summed E-state index contributed by atoms with van der Waals surface area (Å²) in [5, 5.41) is 9.74. The molecule has 0 fully saturated rings. The number of aliphatic hydroxyl groups excluding tert-OH is 1. The lowest BCUT2D eigenvalue weighted by Crippen LogP contribution is -2.38. The van der Waals surface area contributed by atoms with E-state index in [0.717, 1.165) is 26.2 Å². The highest BCUT2D eigenvalue weighted by Gasteiger charge is 2.16. The van der Waals surface area contributed by atoms with Gasteiger partial charge >= 0.3 is 6.02 Å². The van der Waals surface area contributed by atoms with E-state index in [9.17, 15) is 5.11 Å². The number of hydrogen-bond donors (Lipinski definition) is 1. The third-order valence-corrected chi connectivity index (χ3v) is 2.09. The molecule has 1 N–H and O–H groups in total. The zero-order chi connectivity index (χ0) is 9.56. The predicted molar refractivity (Wildman–Crippen MR) is 51.9 cm³/mol. The molecule has 0 saturated carbocycles. The van der Waals surface area contributed by atoms with Crippen molar-refractivity contribution in [1.29, 1.82) is 0 Å². The van der Waals surface area contributed by atoms with Gasteiger partial charge in [0.1, 0.15) is 0 Å². The summed E-state index contributed by atoms with van der Waals surface area (Å²) < 4.78 is 1.95. The standard InChI is InChI=1S/C9H20N2O/c1-5-10(6-2)9(12)11(7-3)8-4/h5-8H2,1-4H3/p+1. The van der Waals surface area contributed by atoms with Crippen LogP contribution in [-0.2, 0) is 0 Å². The molecule has 0 bridgehead atoms. The van der Waals surface area contributed by atoms with Gasteiger partial charge in [-0.25, -0.2) is 9.48 Å². The zero-order valence-corrected chi connectivity index (χ0v) is 8.67. The number of amidine groups is 1. The average Bonchev–Trinajstić information content (AvgIpc) is 2.09. The van der Waals surface area contributed by atoms with Gasteiger partial charge in [0.05, 0.1) is 26.2 Å². The molecule has 72 valence electrons. The summed E-state index contributed by atoms with van der Waals surface area (Å²) in [6, 6.07) is 0.407. The minimum atomic E-state index is 0.407. The first-order chi connectivity index (χ1) is 5.71. The van der Waals surface area contributed by atoms with E-state index >= 15 is 0 Å². The van der Waals surface area contributed by atoms with Gasteiger partial charge in [-0.1, -0.05) is 0 Å². The van der Waals surface area contributed by atoms with Crippen LogP contribution in [0, 0.1) is 0 Å². The van der Waals surface area contributed by atoms with E-state index in [1.165, 1.54) is 0 Å². The van der Waals surface area contributed by atoms with Gasteiger partial charge in [0.15, 0.2) is 0 Å². The number of nitrogens with zero attached hydrogens (tertiary/aromatic N) is 2. The van der Waals surface area contributed by atoms with Gasteiger partial charge in [-0.15, -0.1) is 0 Å². The summed E-state index contributed by atoms with van der Waals surface area (Å²) in [6.07, 6.45) is 0. The molecule has 0 aromatic heterocycles. The average molecular weight is 173 g/mol. The smallest absolute Gasteiger partial charge is 0.443 e. The Bertz CT molecular complexity index is 145. The van der Waals surface area contributed by atoms with Crippen LogP contribution in [0.3, 0.4) is 0 Å². The Hall–Kier alpha value is -0.730. The summed E-state index contributed by atoms with van der Waals surface area (Å²) >= 11 is 0. The maximum Gasteiger partial charge on any atom is 0.443 e. The normalized spacial score (nSPS) is 9.67. The Labute approximate surface area is 75.3 Å². The van der Waals surface area contributed by atoms with Gasteiger partial charge in [-0.3, -0.25) is 0 Å². The quantitative estimate of drug-likeness (QED) is 0.394. The summed E-state index contributed by atoms with van der Waals surface area (Å²) in [6.45, 7) is 11.6. The second-order valence-electron chi connectivity index (χ2n) is 2.64. The van der Waals surface area contributed by atoms with Crippen LogP contribution in [0.2, 0.25) is 0 Å². The summed E-state index contributed by atoms with van der Waals surface area (Å²) in [5.41, 5.74) is 0. The van der Waals surface area contributed by atoms with Crippen molar-refractivity contribution in [3.8, 4) is 0 Å². The topological polar surface area (TPSA) is 26.5 Å². The van der Waals surface area contributed by atoms with Gasteiger partial charge in [0.25, 0.3) is 0 Å². The molecule has 0 saturated heterocycles. The first-order valence-electron chi connectivity index (χ1n) is 4.76. The lowest BCUT2D eigenvalue weighted by atomic mass is 10.5. The van der Waals surface area contributed by atoms with Gasteiger partial charge in [0, 0.05) is 0 Å². The van der Waals surface area contributed by atoms with Gasteiger partial charge < -0.3 is 5.11 Å². The SMILES string of the molecule is CCN(CC)C(O)=[N+](CC)CC. The first kappa shape index (κ1) is 11.3. The molecule has 0 aliphatic carbocycles. The van der Waals surface area contributed by atoms with Crippen molar-refractivity contribution in [2.24, 2.45) is 0 Å². The molecule has 0 aliphatic heterocycles. The molecule has 3 nitrogen and oxygen atoms in total. The van der Waals surface area contributed by atoms with Crippen LogP contribution in [0.4, 0.5) is 0 Å². The van der Waals surface area contributed by atoms with Gasteiger partial charge in [-0.2, -0.15) is 0 Å². The van der Waals surface area contributed by atoms with Crippen molar-refractivity contribution in [2.75, 3.05) is 26.2 Å². The van der Waals surface area contributed by atoms with Crippen LogP contribution in [0.5, 0.6) is 0 Å². The maximum atomic E-state index is 9.74. The molecule has 12 heavy (non-hydrogen) atoms. The highest BCUT2D eigenvalue weighted by atomic mass is 16.3. The second kappa shape index (κ2) is 5.86. The van der Waals surface area contributed by atoms with E-state index in [4.69, 9.17) is 0 Å². The minimum Gasteiger partial charge on any atom is -0.447 e. The molecule has 0 atom stereocenters. The van der Waals surface area contributed by atoms with Crippen molar-refractivity contribution < 1.29 is 9.68 Å². The molecule has 0 aromatic rings. The Kier molecular flexibility index (Phi) is 5.51. The Morgan fingerprint density at radius 3 is 1.75 bits per heavy atom. The number of hydrogen-bond acceptors (Lipinski definition) is 0. The molecular weight excluding hydrogens is 152 g/mol. The first-order valence-corrected chi connectivity index (χ1v) is 4.76. The highest BCUT2D eigenvalue weighted by Crippen LogP contribution is 1.89. The molecule has 0 amide bonds. The van der Waals surface area contributed by atoms with Crippen LogP contribution in [-0.4, -0.2) is 46.8 Å².